The molecule has 3 heteroatoms. The number of anilines is 1. The molecular weight excluding hydrogens is 210 g/mol. The van der Waals surface area contributed by atoms with Gasteiger partial charge in [0.2, 0.25) is 0 Å². The zero-order chi connectivity index (χ0) is 11.7. The minimum absolute atomic E-state index is 0.787. The van der Waals surface area contributed by atoms with Crippen molar-refractivity contribution in [3.05, 3.63) is 23.4 Å². The first-order valence-electron chi connectivity index (χ1n) is 6.72. The normalized spacial score (nSPS) is 23.9. The summed E-state index contributed by atoms with van der Waals surface area (Å²) in [5, 5.41) is 3.50. The summed E-state index contributed by atoms with van der Waals surface area (Å²) >= 11 is 0. The van der Waals surface area contributed by atoms with Crippen molar-refractivity contribution in [2.75, 3.05) is 32.0 Å². The van der Waals surface area contributed by atoms with Crippen molar-refractivity contribution in [2.24, 2.45) is 5.92 Å². The molecule has 0 amide bonds. The molecule has 92 valence electrons. The molecule has 1 saturated heterocycles. The molecule has 1 aromatic rings. The molecule has 1 N–H and O–H groups in total. The van der Waals surface area contributed by atoms with Crippen LogP contribution in [0.25, 0.3) is 0 Å². The fourth-order valence-corrected chi connectivity index (χ4v) is 2.96. The van der Waals surface area contributed by atoms with E-state index in [1.807, 2.05) is 0 Å². The third-order valence-corrected chi connectivity index (χ3v) is 3.99. The molecule has 1 aliphatic heterocycles. The van der Waals surface area contributed by atoms with Crippen molar-refractivity contribution < 1.29 is 0 Å². The molecule has 1 aromatic heterocycles. The van der Waals surface area contributed by atoms with Crippen molar-refractivity contribution in [2.45, 2.75) is 25.7 Å². The lowest BCUT2D eigenvalue weighted by molar-refractivity contribution is 0.399. The molecule has 3 rings (SSSR count). The summed E-state index contributed by atoms with van der Waals surface area (Å²) in [6.45, 7) is 3.53. The number of rotatable bonds is 3. The summed E-state index contributed by atoms with van der Waals surface area (Å²) in [6, 6.07) is 4.39. The van der Waals surface area contributed by atoms with Gasteiger partial charge >= 0.3 is 0 Å². The Hall–Kier alpha value is -1.09. The topological polar surface area (TPSA) is 28.2 Å². The summed E-state index contributed by atoms with van der Waals surface area (Å²) < 4.78 is 0. The van der Waals surface area contributed by atoms with Crippen LogP contribution >= 0.6 is 0 Å². The van der Waals surface area contributed by atoms with Crippen LogP contribution in [0.15, 0.2) is 12.1 Å². The van der Waals surface area contributed by atoms with Crippen LogP contribution in [0.5, 0.6) is 0 Å². The molecule has 0 aromatic carbocycles. The standard InChI is InChI=1S/C14H21N3/c1-17-8-7-11(10-17)9-15-14-6-5-12-3-2-4-13(12)16-14/h5-6,11H,2-4,7-10H2,1H3,(H,15,16). The van der Waals surface area contributed by atoms with E-state index in [1.54, 1.807) is 0 Å². The van der Waals surface area contributed by atoms with Crippen molar-refractivity contribution in [1.29, 1.82) is 0 Å². The molecule has 1 atom stereocenters. The molecule has 1 unspecified atom stereocenters. The second kappa shape index (κ2) is 4.65. The Kier molecular flexibility index (Phi) is 3.02. The van der Waals surface area contributed by atoms with Crippen LogP contribution in [-0.2, 0) is 12.8 Å². The number of nitrogens with zero attached hydrogens (tertiary/aromatic N) is 2. The van der Waals surface area contributed by atoms with Gasteiger partial charge in [0.25, 0.3) is 0 Å². The quantitative estimate of drug-likeness (QED) is 0.861. The number of pyridine rings is 1. The second-order valence-corrected chi connectivity index (χ2v) is 5.45. The Balaban J connectivity index is 1.58. The largest absolute Gasteiger partial charge is 0.370 e. The van der Waals surface area contributed by atoms with Crippen LogP contribution in [0.1, 0.15) is 24.1 Å². The average Bonchev–Trinajstić information content (AvgIpc) is 2.94. The maximum absolute atomic E-state index is 4.71. The van der Waals surface area contributed by atoms with Crippen LogP contribution in [0.3, 0.4) is 0 Å². The lowest BCUT2D eigenvalue weighted by Crippen LogP contribution is -2.19. The second-order valence-electron chi connectivity index (χ2n) is 5.45. The van der Waals surface area contributed by atoms with Crippen LogP contribution in [0, 0.1) is 5.92 Å². The van der Waals surface area contributed by atoms with E-state index in [1.165, 1.54) is 43.6 Å². The van der Waals surface area contributed by atoms with E-state index in [9.17, 15) is 0 Å². The lowest BCUT2D eigenvalue weighted by Gasteiger charge is -2.12. The highest BCUT2D eigenvalue weighted by molar-refractivity contribution is 5.40. The van der Waals surface area contributed by atoms with Crippen molar-refractivity contribution in [1.82, 2.24) is 9.88 Å². The zero-order valence-corrected chi connectivity index (χ0v) is 10.6. The molecule has 3 nitrogen and oxygen atoms in total. The van der Waals surface area contributed by atoms with Gasteiger partial charge in [-0.05, 0) is 56.8 Å². The number of hydrogen-bond donors (Lipinski definition) is 1. The summed E-state index contributed by atoms with van der Waals surface area (Å²) in [7, 11) is 2.20. The minimum atomic E-state index is 0.787. The third kappa shape index (κ3) is 2.44. The summed E-state index contributed by atoms with van der Waals surface area (Å²) in [4.78, 5) is 7.11. The van der Waals surface area contributed by atoms with Gasteiger partial charge in [-0.3, -0.25) is 0 Å². The van der Waals surface area contributed by atoms with E-state index >= 15 is 0 Å². The first-order valence-corrected chi connectivity index (χ1v) is 6.72. The lowest BCUT2D eigenvalue weighted by atomic mass is 10.1. The maximum atomic E-state index is 4.71. The van der Waals surface area contributed by atoms with Gasteiger partial charge in [-0.25, -0.2) is 4.98 Å². The van der Waals surface area contributed by atoms with Crippen molar-refractivity contribution in [3.8, 4) is 0 Å². The Morgan fingerprint density at radius 1 is 1.41 bits per heavy atom. The molecule has 1 fully saturated rings. The van der Waals surface area contributed by atoms with Crippen LogP contribution in [0.2, 0.25) is 0 Å². The summed E-state index contributed by atoms with van der Waals surface area (Å²) in [6.07, 6.45) is 4.97. The van der Waals surface area contributed by atoms with E-state index in [4.69, 9.17) is 4.98 Å². The highest BCUT2D eigenvalue weighted by Crippen LogP contribution is 2.22. The van der Waals surface area contributed by atoms with Gasteiger partial charge in [-0.2, -0.15) is 0 Å². The Bertz CT molecular complexity index is 402. The van der Waals surface area contributed by atoms with Crippen molar-refractivity contribution in [3.63, 3.8) is 0 Å². The summed E-state index contributed by atoms with van der Waals surface area (Å²) in [5.41, 5.74) is 2.77. The summed E-state index contributed by atoms with van der Waals surface area (Å²) in [5.74, 6) is 1.86. The van der Waals surface area contributed by atoms with Crippen LogP contribution in [0.4, 0.5) is 5.82 Å². The Labute approximate surface area is 103 Å². The van der Waals surface area contributed by atoms with Gasteiger partial charge in [0, 0.05) is 18.8 Å². The van der Waals surface area contributed by atoms with E-state index in [2.05, 4.69) is 29.4 Å². The highest BCUT2D eigenvalue weighted by Gasteiger charge is 2.19. The van der Waals surface area contributed by atoms with Crippen LogP contribution in [-0.4, -0.2) is 36.6 Å². The van der Waals surface area contributed by atoms with Gasteiger partial charge in [0.1, 0.15) is 5.82 Å². The Morgan fingerprint density at radius 2 is 2.35 bits per heavy atom. The molecule has 0 radical (unpaired) electrons. The maximum Gasteiger partial charge on any atom is 0.126 e. The van der Waals surface area contributed by atoms with E-state index in [0.29, 0.717) is 0 Å². The molecule has 0 spiro atoms. The van der Waals surface area contributed by atoms with E-state index < -0.39 is 0 Å². The third-order valence-electron chi connectivity index (χ3n) is 3.99. The van der Waals surface area contributed by atoms with Gasteiger partial charge in [-0.15, -0.1) is 0 Å². The smallest absolute Gasteiger partial charge is 0.126 e. The molecule has 2 aliphatic rings. The average molecular weight is 231 g/mol. The van der Waals surface area contributed by atoms with Crippen molar-refractivity contribution >= 4 is 5.82 Å². The number of aromatic nitrogens is 1. The Morgan fingerprint density at radius 3 is 3.18 bits per heavy atom. The first-order chi connectivity index (χ1) is 8.31. The first kappa shape index (κ1) is 11.0. The van der Waals surface area contributed by atoms with E-state index in [-0.39, 0.29) is 0 Å². The molecular formula is C14H21N3. The molecule has 17 heavy (non-hydrogen) atoms. The molecule has 0 saturated carbocycles. The van der Waals surface area contributed by atoms with Crippen LogP contribution < -0.4 is 5.32 Å². The fraction of sp³-hybridized carbons (Fsp3) is 0.643. The molecule has 1 aliphatic carbocycles. The van der Waals surface area contributed by atoms with E-state index in [0.717, 1.165) is 24.7 Å². The van der Waals surface area contributed by atoms with Gasteiger partial charge in [0.05, 0.1) is 0 Å². The van der Waals surface area contributed by atoms with Gasteiger partial charge < -0.3 is 10.2 Å². The van der Waals surface area contributed by atoms with Gasteiger partial charge in [0.15, 0.2) is 0 Å². The number of likely N-dealkylation sites (tertiary alicyclic amines) is 1. The number of hydrogen-bond acceptors (Lipinski definition) is 3. The molecule has 0 bridgehead atoms. The number of nitrogens with one attached hydrogen (secondary N) is 1. The zero-order valence-electron chi connectivity index (χ0n) is 10.6. The van der Waals surface area contributed by atoms with Gasteiger partial charge in [-0.1, -0.05) is 6.07 Å². The minimum Gasteiger partial charge on any atom is -0.370 e. The number of fused-ring (bicyclic) bond motifs is 1. The number of aryl methyl sites for hydroxylation is 2. The fourth-order valence-electron chi connectivity index (χ4n) is 2.96. The molecule has 2 heterocycles. The monoisotopic (exact) mass is 231 g/mol. The highest BCUT2D eigenvalue weighted by atomic mass is 15.1. The predicted molar refractivity (Wildman–Crippen MR) is 70.4 cm³/mol. The predicted octanol–water partition coefficient (Wildman–Crippen LogP) is 1.93. The SMILES string of the molecule is CN1CCC(CNc2ccc3c(n2)CCC3)C1.